The van der Waals surface area contributed by atoms with Gasteiger partial charge in [0, 0.05) is 32.0 Å². The highest BCUT2D eigenvalue weighted by Gasteiger charge is 2.23. The molecule has 1 aliphatic carbocycles. The lowest BCUT2D eigenvalue weighted by molar-refractivity contribution is 0.400. The van der Waals surface area contributed by atoms with Crippen molar-refractivity contribution in [1.82, 2.24) is 14.7 Å². The summed E-state index contributed by atoms with van der Waals surface area (Å²) >= 11 is 0. The minimum absolute atomic E-state index is 0.352. The third-order valence-electron chi connectivity index (χ3n) is 5.68. The predicted molar refractivity (Wildman–Crippen MR) is 105 cm³/mol. The highest BCUT2D eigenvalue weighted by molar-refractivity contribution is 7.89. The van der Waals surface area contributed by atoms with Crippen molar-refractivity contribution in [3.63, 3.8) is 0 Å². The van der Waals surface area contributed by atoms with Crippen LogP contribution in [0.4, 0.5) is 5.82 Å². The maximum atomic E-state index is 12.7. The molecule has 1 saturated heterocycles. The summed E-state index contributed by atoms with van der Waals surface area (Å²) in [5.41, 5.74) is 2.50. The average molecular weight is 387 g/mol. The van der Waals surface area contributed by atoms with Crippen LogP contribution in [0.1, 0.15) is 36.8 Å². The highest BCUT2D eigenvalue weighted by Crippen LogP contribution is 2.25. The van der Waals surface area contributed by atoms with Crippen LogP contribution >= 0.6 is 0 Å². The second kappa shape index (κ2) is 7.94. The highest BCUT2D eigenvalue weighted by atomic mass is 32.2. The standard InChI is InChI=1S/C20H26N4O2S/c25-27(26,19-6-5-17-3-1-2-4-18(17)13-19)23-14-16-7-11-24(12-8-16)20-15-21-9-10-22-20/h5-6,9-10,13,15-16,23H,1-4,7-8,11-12,14H2. The molecule has 27 heavy (non-hydrogen) atoms. The van der Waals surface area contributed by atoms with Gasteiger partial charge in [-0.1, -0.05) is 6.07 Å². The first-order valence-electron chi connectivity index (χ1n) is 9.74. The van der Waals surface area contributed by atoms with E-state index in [1.54, 1.807) is 24.7 Å². The molecule has 1 N–H and O–H groups in total. The zero-order chi connectivity index (χ0) is 18.7. The lowest BCUT2D eigenvalue weighted by Gasteiger charge is -2.32. The van der Waals surface area contributed by atoms with Gasteiger partial charge >= 0.3 is 0 Å². The lowest BCUT2D eigenvalue weighted by Crippen LogP contribution is -2.39. The number of benzene rings is 1. The molecular weight excluding hydrogens is 360 g/mol. The summed E-state index contributed by atoms with van der Waals surface area (Å²) in [4.78, 5) is 11.1. The summed E-state index contributed by atoms with van der Waals surface area (Å²) < 4.78 is 28.2. The van der Waals surface area contributed by atoms with Crippen LogP contribution in [0, 0.1) is 5.92 Å². The normalized spacial score (nSPS) is 18.3. The number of fused-ring (bicyclic) bond motifs is 1. The van der Waals surface area contributed by atoms with Gasteiger partial charge in [0.15, 0.2) is 0 Å². The van der Waals surface area contributed by atoms with Crippen LogP contribution in [0.2, 0.25) is 0 Å². The first-order valence-corrected chi connectivity index (χ1v) is 11.2. The van der Waals surface area contributed by atoms with E-state index >= 15 is 0 Å². The number of sulfonamides is 1. The van der Waals surface area contributed by atoms with Crippen LogP contribution in [-0.4, -0.2) is 38.0 Å². The first-order chi connectivity index (χ1) is 13.1. The average Bonchev–Trinajstić information content (AvgIpc) is 2.73. The van der Waals surface area contributed by atoms with E-state index in [1.165, 1.54) is 17.5 Å². The maximum Gasteiger partial charge on any atom is 0.240 e. The van der Waals surface area contributed by atoms with Gasteiger partial charge in [-0.25, -0.2) is 18.1 Å². The third-order valence-corrected chi connectivity index (χ3v) is 7.10. The Morgan fingerprint density at radius 1 is 1.07 bits per heavy atom. The number of rotatable bonds is 5. The number of nitrogens with zero attached hydrogens (tertiary/aromatic N) is 3. The maximum absolute atomic E-state index is 12.7. The molecule has 0 unspecified atom stereocenters. The third kappa shape index (κ3) is 4.30. The summed E-state index contributed by atoms with van der Waals surface area (Å²) in [6, 6.07) is 5.61. The number of nitrogens with one attached hydrogen (secondary N) is 1. The van der Waals surface area contributed by atoms with Crippen LogP contribution in [0.5, 0.6) is 0 Å². The summed E-state index contributed by atoms with van der Waals surface area (Å²) in [5.74, 6) is 1.25. The van der Waals surface area contributed by atoms with Gasteiger partial charge in [-0.2, -0.15) is 0 Å². The Kier molecular flexibility index (Phi) is 5.41. The molecule has 144 valence electrons. The summed E-state index contributed by atoms with van der Waals surface area (Å²) in [6.07, 6.45) is 11.4. The van der Waals surface area contributed by atoms with Crippen molar-refractivity contribution in [2.75, 3.05) is 24.5 Å². The zero-order valence-electron chi connectivity index (χ0n) is 15.5. The molecule has 2 aromatic rings. The SMILES string of the molecule is O=S(=O)(NCC1CCN(c2cnccn2)CC1)c1ccc2c(c1)CCCC2. The van der Waals surface area contributed by atoms with Crippen molar-refractivity contribution in [1.29, 1.82) is 0 Å². The van der Waals surface area contributed by atoms with Crippen molar-refractivity contribution in [3.8, 4) is 0 Å². The van der Waals surface area contributed by atoms with E-state index in [2.05, 4.69) is 19.6 Å². The topological polar surface area (TPSA) is 75.2 Å². The van der Waals surface area contributed by atoms with E-state index in [1.807, 2.05) is 12.1 Å². The smallest absolute Gasteiger partial charge is 0.240 e. The molecule has 7 heteroatoms. The number of aromatic nitrogens is 2. The van der Waals surface area contributed by atoms with Crippen molar-refractivity contribution >= 4 is 15.8 Å². The molecule has 4 rings (SSSR count). The van der Waals surface area contributed by atoms with Gasteiger partial charge in [0.25, 0.3) is 0 Å². The van der Waals surface area contributed by atoms with Crippen molar-refractivity contribution in [2.24, 2.45) is 5.92 Å². The Hall–Kier alpha value is -1.99. The Morgan fingerprint density at radius 2 is 1.85 bits per heavy atom. The number of hydrogen-bond donors (Lipinski definition) is 1. The molecule has 2 heterocycles. The molecule has 0 amide bonds. The Morgan fingerprint density at radius 3 is 2.59 bits per heavy atom. The molecule has 1 aliphatic heterocycles. The summed E-state index contributed by atoms with van der Waals surface area (Å²) in [7, 11) is -3.44. The molecule has 1 aromatic carbocycles. The van der Waals surface area contributed by atoms with Gasteiger partial charge in [-0.15, -0.1) is 0 Å². The number of aryl methyl sites for hydroxylation is 2. The van der Waals surface area contributed by atoms with E-state index < -0.39 is 10.0 Å². The Balaban J connectivity index is 1.33. The first kappa shape index (κ1) is 18.4. The van der Waals surface area contributed by atoms with Gasteiger partial charge in [0.2, 0.25) is 10.0 Å². The van der Waals surface area contributed by atoms with E-state index in [0.717, 1.165) is 51.0 Å². The van der Waals surface area contributed by atoms with Crippen LogP contribution in [0.15, 0.2) is 41.7 Å². The lowest BCUT2D eigenvalue weighted by atomic mass is 9.92. The van der Waals surface area contributed by atoms with Crippen LogP contribution < -0.4 is 9.62 Å². The fraction of sp³-hybridized carbons (Fsp3) is 0.500. The van der Waals surface area contributed by atoms with Crippen molar-refractivity contribution in [3.05, 3.63) is 47.9 Å². The summed E-state index contributed by atoms with van der Waals surface area (Å²) in [6.45, 7) is 2.25. The van der Waals surface area contributed by atoms with Crippen molar-refractivity contribution in [2.45, 2.75) is 43.4 Å². The second-order valence-electron chi connectivity index (χ2n) is 7.48. The molecule has 2 aliphatic rings. The van der Waals surface area contributed by atoms with Crippen LogP contribution in [0.25, 0.3) is 0 Å². The zero-order valence-corrected chi connectivity index (χ0v) is 16.3. The molecule has 0 spiro atoms. The number of anilines is 1. The fourth-order valence-corrected chi connectivity index (χ4v) is 5.17. The van der Waals surface area contributed by atoms with Crippen LogP contribution in [-0.2, 0) is 22.9 Å². The molecule has 0 bridgehead atoms. The summed E-state index contributed by atoms with van der Waals surface area (Å²) in [5, 5.41) is 0. The minimum atomic E-state index is -3.44. The second-order valence-corrected chi connectivity index (χ2v) is 9.25. The largest absolute Gasteiger partial charge is 0.355 e. The van der Waals surface area contributed by atoms with E-state index in [4.69, 9.17) is 0 Å². The molecule has 1 fully saturated rings. The van der Waals surface area contributed by atoms with E-state index in [9.17, 15) is 8.42 Å². The van der Waals surface area contributed by atoms with Crippen molar-refractivity contribution < 1.29 is 8.42 Å². The Labute approximate surface area is 161 Å². The van der Waals surface area contributed by atoms with E-state index in [-0.39, 0.29) is 0 Å². The quantitative estimate of drug-likeness (QED) is 0.855. The molecule has 0 radical (unpaired) electrons. The van der Waals surface area contributed by atoms with Gasteiger partial charge in [0.05, 0.1) is 11.1 Å². The van der Waals surface area contributed by atoms with Crippen LogP contribution in [0.3, 0.4) is 0 Å². The molecule has 0 saturated carbocycles. The molecule has 6 nitrogen and oxygen atoms in total. The van der Waals surface area contributed by atoms with E-state index in [0.29, 0.717) is 17.4 Å². The van der Waals surface area contributed by atoms with Gasteiger partial charge in [-0.05, 0) is 67.7 Å². The number of piperidine rings is 1. The van der Waals surface area contributed by atoms with Gasteiger partial charge in [-0.3, -0.25) is 4.98 Å². The number of hydrogen-bond acceptors (Lipinski definition) is 5. The minimum Gasteiger partial charge on any atom is -0.355 e. The van der Waals surface area contributed by atoms with Gasteiger partial charge in [0.1, 0.15) is 5.82 Å². The predicted octanol–water partition coefficient (Wildman–Crippen LogP) is 2.55. The molecular formula is C20H26N4O2S. The molecule has 1 aromatic heterocycles. The monoisotopic (exact) mass is 386 g/mol. The Bertz CT molecular complexity index is 878. The fourth-order valence-electron chi connectivity index (χ4n) is 4.01. The molecule has 0 atom stereocenters. The van der Waals surface area contributed by atoms with Gasteiger partial charge < -0.3 is 4.90 Å².